The van der Waals surface area contributed by atoms with Crippen molar-refractivity contribution in [2.45, 2.75) is 44.7 Å². The highest BCUT2D eigenvalue weighted by Gasteiger charge is 2.26. The van der Waals surface area contributed by atoms with Crippen molar-refractivity contribution in [2.75, 3.05) is 40.4 Å². The Hall–Kier alpha value is -4.47. The minimum Gasteiger partial charge on any atom is -0.497 e. The highest BCUT2D eigenvalue weighted by atomic mass is 35.5. The van der Waals surface area contributed by atoms with Gasteiger partial charge in [0.15, 0.2) is 0 Å². The molecule has 2 aromatic heterocycles. The molecule has 0 aliphatic carbocycles. The van der Waals surface area contributed by atoms with Gasteiger partial charge in [0.25, 0.3) is 0 Å². The summed E-state index contributed by atoms with van der Waals surface area (Å²) in [5.41, 5.74) is 5.41. The quantitative estimate of drug-likeness (QED) is 0.147. The Morgan fingerprint density at radius 3 is 2.38 bits per heavy atom. The number of carbonyl (C=O) groups is 2. The van der Waals surface area contributed by atoms with Gasteiger partial charge >= 0.3 is 0 Å². The fourth-order valence-corrected chi connectivity index (χ4v) is 6.98. The third-order valence-electron chi connectivity index (χ3n) is 9.25. The first-order valence-electron chi connectivity index (χ1n) is 16.1. The zero-order chi connectivity index (χ0) is 32.9. The summed E-state index contributed by atoms with van der Waals surface area (Å²) in [7, 11) is 3.21. The lowest BCUT2D eigenvalue weighted by molar-refractivity contribution is -0.131. The number of hydrogen-bond acceptors (Lipinski definition) is 5. The molecule has 1 fully saturated rings. The minimum atomic E-state index is -0.299. The molecule has 3 heterocycles. The summed E-state index contributed by atoms with van der Waals surface area (Å²) in [6, 6.07) is 19.4. The summed E-state index contributed by atoms with van der Waals surface area (Å²) in [6.45, 7) is 4.24. The average molecular weight is 656 g/mol. The number of aromatic nitrogens is 2. The molecule has 1 saturated heterocycles. The van der Waals surface area contributed by atoms with Crippen molar-refractivity contribution in [3.8, 4) is 11.5 Å². The summed E-state index contributed by atoms with van der Waals surface area (Å²) in [5.74, 6) is 1.60. The van der Waals surface area contributed by atoms with Gasteiger partial charge in [0.1, 0.15) is 11.5 Å². The van der Waals surface area contributed by atoms with E-state index in [0.29, 0.717) is 43.5 Å². The van der Waals surface area contributed by atoms with Crippen LogP contribution in [0.1, 0.15) is 42.4 Å². The van der Waals surface area contributed by atoms with Crippen molar-refractivity contribution < 1.29 is 19.1 Å². The van der Waals surface area contributed by atoms with Crippen LogP contribution in [0.2, 0.25) is 5.02 Å². The smallest absolute Gasteiger partial charge is 0.234 e. The first kappa shape index (κ1) is 32.5. The van der Waals surface area contributed by atoms with E-state index in [1.54, 1.807) is 32.1 Å². The summed E-state index contributed by atoms with van der Waals surface area (Å²) in [5, 5.41) is 6.32. The lowest BCUT2D eigenvalue weighted by atomic mass is 9.89. The summed E-state index contributed by atoms with van der Waals surface area (Å²) in [4.78, 5) is 37.3. The number of aromatic amines is 2. The van der Waals surface area contributed by atoms with Crippen molar-refractivity contribution in [1.82, 2.24) is 25.1 Å². The Bertz CT molecular complexity index is 1840. The molecular weight excluding hydrogens is 614 g/mol. The van der Waals surface area contributed by atoms with Crippen LogP contribution in [0.4, 0.5) is 0 Å². The number of halogens is 1. The van der Waals surface area contributed by atoms with Gasteiger partial charge in [-0.25, -0.2) is 0 Å². The van der Waals surface area contributed by atoms with Gasteiger partial charge in [-0.3, -0.25) is 14.5 Å². The predicted molar refractivity (Wildman–Crippen MR) is 186 cm³/mol. The number of carbonyl (C=O) groups excluding carboxylic acids is 2. The van der Waals surface area contributed by atoms with Gasteiger partial charge in [-0.2, -0.15) is 0 Å². The Morgan fingerprint density at radius 2 is 1.66 bits per heavy atom. The molecule has 3 aromatic carbocycles. The number of rotatable bonds is 12. The van der Waals surface area contributed by atoms with E-state index in [0.717, 1.165) is 58.5 Å². The first-order valence-corrected chi connectivity index (χ1v) is 16.5. The minimum absolute atomic E-state index is 0.0429. The molecule has 0 saturated carbocycles. The average Bonchev–Trinajstić information content (AvgIpc) is 3.68. The van der Waals surface area contributed by atoms with E-state index in [1.165, 1.54) is 10.9 Å². The number of para-hydroxylation sites is 1. The van der Waals surface area contributed by atoms with Crippen LogP contribution in [0.3, 0.4) is 0 Å². The lowest BCUT2D eigenvalue weighted by Gasteiger charge is -2.32. The highest BCUT2D eigenvalue weighted by molar-refractivity contribution is 6.31. The van der Waals surface area contributed by atoms with Crippen LogP contribution in [0.25, 0.3) is 21.8 Å². The number of H-pyrrole nitrogens is 2. The number of nitrogens with one attached hydrogen (secondary N) is 3. The second-order valence-corrected chi connectivity index (χ2v) is 12.9. The van der Waals surface area contributed by atoms with Crippen molar-refractivity contribution in [2.24, 2.45) is 0 Å². The van der Waals surface area contributed by atoms with E-state index in [9.17, 15) is 9.59 Å². The van der Waals surface area contributed by atoms with Gasteiger partial charge in [0.2, 0.25) is 11.8 Å². The number of nitrogens with zero attached hydrogens (tertiary/aromatic N) is 2. The SMILES string of the molecule is COc1cc(CN(C[C@@H](Cc2c[nH]c3ccccc23)NC(=O)CN2CCC(c3c[nH]c4ccc(Cl)cc34)CC2)C(C)=O)cc(OC)c1. The Labute approximate surface area is 280 Å². The number of amides is 2. The van der Waals surface area contributed by atoms with E-state index in [2.05, 4.69) is 32.4 Å². The number of benzene rings is 3. The molecule has 9 nitrogen and oxygen atoms in total. The van der Waals surface area contributed by atoms with E-state index in [4.69, 9.17) is 21.1 Å². The second-order valence-electron chi connectivity index (χ2n) is 12.4. The van der Waals surface area contributed by atoms with Crippen LogP contribution in [0, 0.1) is 0 Å². The molecule has 0 spiro atoms. The first-order chi connectivity index (χ1) is 22.8. The molecule has 6 rings (SSSR count). The number of likely N-dealkylation sites (tertiary alicyclic amines) is 1. The van der Waals surface area contributed by atoms with Gasteiger partial charge in [-0.15, -0.1) is 0 Å². The van der Waals surface area contributed by atoms with Crippen LogP contribution >= 0.6 is 11.6 Å². The van der Waals surface area contributed by atoms with Gasteiger partial charge in [-0.1, -0.05) is 29.8 Å². The molecule has 47 heavy (non-hydrogen) atoms. The Morgan fingerprint density at radius 1 is 0.957 bits per heavy atom. The molecule has 1 aliphatic heterocycles. The molecule has 1 aliphatic rings. The molecule has 0 unspecified atom stereocenters. The van der Waals surface area contributed by atoms with Crippen molar-refractivity contribution >= 4 is 45.2 Å². The van der Waals surface area contributed by atoms with Gasteiger partial charge in [0, 0.05) is 65.3 Å². The largest absolute Gasteiger partial charge is 0.497 e. The second kappa shape index (κ2) is 14.5. The molecule has 0 radical (unpaired) electrons. The maximum atomic E-state index is 13.6. The summed E-state index contributed by atoms with van der Waals surface area (Å²) in [6.07, 6.45) is 6.61. The zero-order valence-electron chi connectivity index (χ0n) is 27.1. The summed E-state index contributed by atoms with van der Waals surface area (Å²) >= 11 is 6.30. The molecule has 1 atom stereocenters. The van der Waals surface area contributed by atoms with E-state index < -0.39 is 0 Å². The standard InChI is InChI=1S/C37H42ClN5O4/c1-24(44)43(21-25-14-30(46-2)18-31(15-25)47-3)22-29(16-27-19-39-35-7-5-4-6-32(27)35)41-37(45)23-42-12-10-26(11-13-42)34-20-40-36-9-8-28(38)17-33(34)36/h4-9,14-15,17-20,26,29,39-40H,10-13,16,21-23H2,1-3H3,(H,41,45)/t29-/m1/s1. The fraction of sp³-hybridized carbons (Fsp3) is 0.351. The lowest BCUT2D eigenvalue weighted by Crippen LogP contribution is -2.49. The molecule has 246 valence electrons. The molecule has 0 bridgehead atoms. The van der Waals surface area contributed by atoms with Crippen molar-refractivity contribution in [3.05, 3.63) is 94.8 Å². The van der Waals surface area contributed by atoms with Crippen LogP contribution in [-0.2, 0) is 22.6 Å². The molecule has 5 aromatic rings. The zero-order valence-corrected chi connectivity index (χ0v) is 27.9. The third kappa shape index (κ3) is 7.75. The third-order valence-corrected chi connectivity index (χ3v) is 9.48. The normalized spacial score (nSPS) is 14.7. The number of fused-ring (bicyclic) bond motifs is 2. The summed E-state index contributed by atoms with van der Waals surface area (Å²) < 4.78 is 10.9. The van der Waals surface area contributed by atoms with Crippen LogP contribution < -0.4 is 14.8 Å². The number of ether oxygens (including phenoxy) is 2. The Balaban J connectivity index is 1.14. The molecule has 3 N–H and O–H groups in total. The molecular formula is C37H42ClN5O4. The van der Waals surface area contributed by atoms with Crippen LogP contribution in [0.15, 0.2) is 73.1 Å². The highest BCUT2D eigenvalue weighted by Crippen LogP contribution is 2.34. The fourth-order valence-electron chi connectivity index (χ4n) is 6.81. The number of hydrogen-bond donors (Lipinski definition) is 3. The van der Waals surface area contributed by atoms with Gasteiger partial charge in [-0.05, 0) is 91.4 Å². The van der Waals surface area contributed by atoms with Crippen molar-refractivity contribution in [1.29, 1.82) is 0 Å². The molecule has 10 heteroatoms. The molecule has 2 amide bonds. The number of methoxy groups -OCH3 is 2. The van der Waals surface area contributed by atoms with Gasteiger partial charge < -0.3 is 29.7 Å². The van der Waals surface area contributed by atoms with E-state index >= 15 is 0 Å². The Kier molecular flexibility index (Phi) is 10.0. The maximum Gasteiger partial charge on any atom is 0.234 e. The monoisotopic (exact) mass is 655 g/mol. The number of piperidine rings is 1. The van der Waals surface area contributed by atoms with E-state index in [1.807, 2.05) is 54.7 Å². The van der Waals surface area contributed by atoms with Crippen LogP contribution in [-0.4, -0.2) is 78.0 Å². The van der Waals surface area contributed by atoms with E-state index in [-0.39, 0.29) is 17.9 Å². The maximum absolute atomic E-state index is 13.6. The predicted octanol–water partition coefficient (Wildman–Crippen LogP) is 6.28. The topological polar surface area (TPSA) is 103 Å². The van der Waals surface area contributed by atoms with Gasteiger partial charge in [0.05, 0.1) is 26.8 Å². The van der Waals surface area contributed by atoms with Crippen LogP contribution in [0.5, 0.6) is 11.5 Å². The van der Waals surface area contributed by atoms with Crippen molar-refractivity contribution in [3.63, 3.8) is 0 Å².